The van der Waals surface area contributed by atoms with Gasteiger partial charge in [-0.3, -0.25) is 15.6 Å². The fourth-order valence-electron chi connectivity index (χ4n) is 1.40. The first-order valence-electron chi connectivity index (χ1n) is 5.24. The van der Waals surface area contributed by atoms with Gasteiger partial charge < -0.3 is 0 Å². The van der Waals surface area contributed by atoms with E-state index in [1.165, 1.54) is 6.07 Å². The van der Waals surface area contributed by atoms with Gasteiger partial charge in [-0.1, -0.05) is 24.3 Å². The van der Waals surface area contributed by atoms with Gasteiger partial charge in [0, 0.05) is 5.56 Å². The number of para-hydroxylation sites is 1. The molecule has 2 aromatic carbocycles. The van der Waals surface area contributed by atoms with Crippen LogP contribution in [0, 0.1) is 11.6 Å². The Bertz CT molecular complexity index is 538. The number of hydrazine groups is 1. The first-order valence-corrected chi connectivity index (χ1v) is 5.24. The molecule has 0 atom stereocenters. The van der Waals surface area contributed by atoms with Crippen LogP contribution in [0.1, 0.15) is 10.4 Å². The van der Waals surface area contributed by atoms with Gasteiger partial charge in [-0.15, -0.1) is 0 Å². The predicted octanol–water partition coefficient (Wildman–Crippen LogP) is 2.72. The molecule has 0 aliphatic carbocycles. The molecule has 3 nitrogen and oxygen atoms in total. The summed E-state index contributed by atoms with van der Waals surface area (Å²) in [6, 6.07) is 11.8. The average Bonchev–Trinajstić information content (AvgIpc) is 2.39. The molecule has 0 radical (unpaired) electrons. The largest absolute Gasteiger partial charge is 0.293 e. The maximum atomic E-state index is 13.2. The lowest BCUT2D eigenvalue weighted by Crippen LogP contribution is -2.30. The van der Waals surface area contributed by atoms with Crippen LogP contribution in [0.3, 0.4) is 0 Å². The van der Waals surface area contributed by atoms with E-state index in [1.54, 1.807) is 30.3 Å². The summed E-state index contributed by atoms with van der Waals surface area (Å²) in [6.07, 6.45) is 0. The van der Waals surface area contributed by atoms with Gasteiger partial charge >= 0.3 is 0 Å². The van der Waals surface area contributed by atoms with Crippen molar-refractivity contribution in [2.75, 3.05) is 5.43 Å². The molecule has 0 aromatic heterocycles. The minimum atomic E-state index is -0.775. The molecule has 18 heavy (non-hydrogen) atoms. The van der Waals surface area contributed by atoms with Gasteiger partial charge in [0.25, 0.3) is 5.91 Å². The number of nitrogens with one attached hydrogen (secondary N) is 2. The lowest BCUT2D eigenvalue weighted by Gasteiger charge is -2.09. The first kappa shape index (κ1) is 12.0. The standard InChI is InChI=1S/C13H10F2N2O/c14-10-7-4-8-11(15)12(10)16-17-13(18)9-5-2-1-3-6-9/h1-8,16H,(H,17,18). The summed E-state index contributed by atoms with van der Waals surface area (Å²) in [5.41, 5.74) is 4.46. The van der Waals surface area contributed by atoms with Gasteiger partial charge in [0.2, 0.25) is 0 Å². The molecule has 0 saturated carbocycles. The number of rotatable bonds is 3. The zero-order valence-electron chi connectivity index (χ0n) is 9.28. The molecule has 0 aliphatic rings. The Morgan fingerprint density at radius 1 is 0.889 bits per heavy atom. The van der Waals surface area contributed by atoms with Crippen molar-refractivity contribution in [1.29, 1.82) is 0 Å². The van der Waals surface area contributed by atoms with Gasteiger partial charge in [-0.2, -0.15) is 0 Å². The van der Waals surface area contributed by atoms with E-state index in [0.29, 0.717) is 5.56 Å². The molecule has 92 valence electrons. The third kappa shape index (κ3) is 2.63. The van der Waals surface area contributed by atoms with Crippen molar-refractivity contribution in [3.8, 4) is 0 Å². The third-order valence-electron chi connectivity index (χ3n) is 2.30. The van der Waals surface area contributed by atoms with E-state index in [1.807, 2.05) is 0 Å². The van der Waals surface area contributed by atoms with Gasteiger partial charge in [0.15, 0.2) is 11.6 Å². The van der Waals surface area contributed by atoms with Crippen molar-refractivity contribution in [2.24, 2.45) is 0 Å². The Labute approximate surface area is 102 Å². The Morgan fingerprint density at radius 3 is 2.11 bits per heavy atom. The van der Waals surface area contributed by atoms with Crippen molar-refractivity contribution in [2.45, 2.75) is 0 Å². The second kappa shape index (κ2) is 5.27. The quantitative estimate of drug-likeness (QED) is 0.820. The highest BCUT2D eigenvalue weighted by atomic mass is 19.1. The van der Waals surface area contributed by atoms with Crippen LogP contribution in [-0.2, 0) is 0 Å². The highest BCUT2D eigenvalue weighted by Crippen LogP contribution is 2.16. The van der Waals surface area contributed by atoms with E-state index in [4.69, 9.17) is 0 Å². The molecule has 1 amide bonds. The topological polar surface area (TPSA) is 41.1 Å². The van der Waals surface area contributed by atoms with Crippen molar-refractivity contribution in [1.82, 2.24) is 5.43 Å². The number of halogens is 2. The summed E-state index contributed by atoms with van der Waals surface area (Å²) < 4.78 is 26.5. The van der Waals surface area contributed by atoms with Crippen LogP contribution in [-0.4, -0.2) is 5.91 Å². The minimum absolute atomic E-state index is 0.387. The molecular weight excluding hydrogens is 238 g/mol. The zero-order chi connectivity index (χ0) is 13.0. The van der Waals surface area contributed by atoms with Gasteiger partial charge in [0.05, 0.1) is 0 Å². The summed E-state index contributed by atoms with van der Waals surface area (Å²) in [4.78, 5) is 11.6. The van der Waals surface area contributed by atoms with Crippen LogP contribution >= 0.6 is 0 Å². The van der Waals surface area contributed by atoms with Crippen LogP contribution < -0.4 is 10.9 Å². The molecule has 2 rings (SSSR count). The van der Waals surface area contributed by atoms with Crippen molar-refractivity contribution < 1.29 is 13.6 Å². The molecule has 0 bridgehead atoms. The summed E-state index contributed by atoms with van der Waals surface area (Å²) in [5.74, 6) is -2.02. The smallest absolute Gasteiger partial charge is 0.269 e. The van der Waals surface area contributed by atoms with Crippen molar-refractivity contribution in [3.05, 3.63) is 65.7 Å². The average molecular weight is 248 g/mol. The summed E-state index contributed by atoms with van der Waals surface area (Å²) in [6.45, 7) is 0. The van der Waals surface area contributed by atoms with Crippen molar-refractivity contribution >= 4 is 11.6 Å². The Morgan fingerprint density at radius 2 is 1.50 bits per heavy atom. The molecule has 0 spiro atoms. The second-order valence-electron chi connectivity index (χ2n) is 3.54. The normalized spacial score (nSPS) is 9.89. The number of carbonyl (C=O) groups excluding carboxylic acids is 1. The number of hydrogen-bond donors (Lipinski definition) is 2. The van der Waals surface area contributed by atoms with E-state index >= 15 is 0 Å². The molecule has 2 N–H and O–H groups in total. The molecule has 0 saturated heterocycles. The highest BCUT2D eigenvalue weighted by Gasteiger charge is 2.09. The minimum Gasteiger partial charge on any atom is -0.293 e. The summed E-state index contributed by atoms with van der Waals surface area (Å²) in [7, 11) is 0. The number of carbonyl (C=O) groups is 1. The van der Waals surface area contributed by atoms with E-state index in [0.717, 1.165) is 12.1 Å². The maximum Gasteiger partial charge on any atom is 0.269 e. The number of benzene rings is 2. The second-order valence-corrected chi connectivity index (χ2v) is 3.54. The van der Waals surface area contributed by atoms with E-state index in [9.17, 15) is 13.6 Å². The Balaban J connectivity index is 2.07. The monoisotopic (exact) mass is 248 g/mol. The Kier molecular flexibility index (Phi) is 3.52. The van der Waals surface area contributed by atoms with Crippen LogP contribution in [0.2, 0.25) is 0 Å². The SMILES string of the molecule is O=C(NNc1c(F)cccc1F)c1ccccc1. The molecular formula is C13H10F2N2O. The fraction of sp³-hybridized carbons (Fsp3) is 0. The third-order valence-corrected chi connectivity index (χ3v) is 2.30. The molecule has 5 heteroatoms. The molecule has 0 fully saturated rings. The number of anilines is 1. The van der Waals surface area contributed by atoms with Crippen LogP contribution in [0.15, 0.2) is 48.5 Å². The van der Waals surface area contributed by atoms with E-state index in [2.05, 4.69) is 10.9 Å². The van der Waals surface area contributed by atoms with Crippen LogP contribution in [0.5, 0.6) is 0 Å². The molecule has 0 heterocycles. The zero-order valence-corrected chi connectivity index (χ0v) is 9.28. The lowest BCUT2D eigenvalue weighted by atomic mass is 10.2. The van der Waals surface area contributed by atoms with Gasteiger partial charge in [-0.25, -0.2) is 8.78 Å². The highest BCUT2D eigenvalue weighted by molar-refractivity contribution is 5.94. The predicted molar refractivity (Wildman–Crippen MR) is 63.9 cm³/mol. The lowest BCUT2D eigenvalue weighted by molar-refractivity contribution is 0.0962. The van der Waals surface area contributed by atoms with Crippen LogP contribution in [0.4, 0.5) is 14.5 Å². The fourth-order valence-corrected chi connectivity index (χ4v) is 1.40. The molecule has 2 aromatic rings. The summed E-state index contributed by atoms with van der Waals surface area (Å²) >= 11 is 0. The first-order chi connectivity index (χ1) is 8.68. The molecule has 0 unspecified atom stereocenters. The van der Waals surface area contributed by atoms with Gasteiger partial charge in [0.1, 0.15) is 5.69 Å². The number of amides is 1. The van der Waals surface area contributed by atoms with Crippen molar-refractivity contribution in [3.63, 3.8) is 0 Å². The van der Waals surface area contributed by atoms with E-state index in [-0.39, 0.29) is 5.69 Å². The maximum absolute atomic E-state index is 13.2. The summed E-state index contributed by atoms with van der Waals surface area (Å²) in [5, 5.41) is 0. The molecule has 0 aliphatic heterocycles. The van der Waals surface area contributed by atoms with E-state index < -0.39 is 17.5 Å². The Hall–Kier alpha value is -2.43. The van der Waals surface area contributed by atoms with Gasteiger partial charge in [-0.05, 0) is 24.3 Å². The van der Waals surface area contributed by atoms with Crippen LogP contribution in [0.25, 0.3) is 0 Å². The number of hydrogen-bond acceptors (Lipinski definition) is 2.